The summed E-state index contributed by atoms with van der Waals surface area (Å²) < 4.78 is 6.73. The van der Waals surface area contributed by atoms with Crippen LogP contribution in [0.1, 0.15) is 28.5 Å². The fourth-order valence-electron chi connectivity index (χ4n) is 2.37. The largest absolute Gasteiger partial charge is 0.481 e. The van der Waals surface area contributed by atoms with Crippen LogP contribution >= 0.6 is 0 Å². The molecule has 1 aromatic carbocycles. The van der Waals surface area contributed by atoms with Gasteiger partial charge in [0, 0.05) is 7.05 Å². The zero-order chi connectivity index (χ0) is 16.3. The Morgan fingerprint density at radius 3 is 2.64 bits per heavy atom. The number of nitrogens with zero attached hydrogens (tertiary/aromatic N) is 2. The van der Waals surface area contributed by atoms with Crippen molar-refractivity contribution in [1.82, 2.24) is 15.1 Å². The van der Waals surface area contributed by atoms with Gasteiger partial charge in [0.2, 0.25) is 5.88 Å². The summed E-state index contributed by atoms with van der Waals surface area (Å²) in [6, 6.07) is 9.21. The number of carbonyl (C=O) groups excluding carboxylic acids is 1. The molecular weight excluding hydrogens is 282 g/mol. The third kappa shape index (κ3) is 3.12. The second kappa shape index (κ2) is 6.19. The maximum absolute atomic E-state index is 12.4. The lowest BCUT2D eigenvalue weighted by Crippen LogP contribution is -2.38. The summed E-state index contributed by atoms with van der Waals surface area (Å²) in [5, 5.41) is 17.4. The van der Waals surface area contributed by atoms with Crippen molar-refractivity contribution in [3.63, 3.8) is 0 Å². The standard InChI is InChI=1S/C16H21N3O3/c1-11-13(15(22-4)19(3)18-11)14(20)17-10-16(2,21)12-8-6-5-7-9-12/h5-9,21H,10H2,1-4H3,(H,17,20). The van der Waals surface area contributed by atoms with Crippen molar-refractivity contribution in [3.8, 4) is 5.88 Å². The van der Waals surface area contributed by atoms with Crippen LogP contribution in [-0.4, -0.2) is 34.4 Å². The van der Waals surface area contributed by atoms with Gasteiger partial charge in [-0.15, -0.1) is 0 Å². The van der Waals surface area contributed by atoms with Crippen molar-refractivity contribution in [1.29, 1.82) is 0 Å². The highest BCUT2D eigenvalue weighted by Gasteiger charge is 2.26. The minimum Gasteiger partial charge on any atom is -0.481 e. The number of hydrogen-bond acceptors (Lipinski definition) is 4. The summed E-state index contributed by atoms with van der Waals surface area (Å²) in [5.74, 6) is 0.0769. The van der Waals surface area contributed by atoms with Crippen molar-refractivity contribution < 1.29 is 14.6 Å². The number of aromatic nitrogens is 2. The van der Waals surface area contributed by atoms with E-state index >= 15 is 0 Å². The van der Waals surface area contributed by atoms with E-state index in [1.165, 1.54) is 11.8 Å². The van der Waals surface area contributed by atoms with Gasteiger partial charge in [-0.1, -0.05) is 30.3 Å². The molecule has 0 fully saturated rings. The summed E-state index contributed by atoms with van der Waals surface area (Å²) in [6.45, 7) is 3.50. The molecule has 1 aromatic heterocycles. The van der Waals surface area contributed by atoms with Crippen molar-refractivity contribution >= 4 is 5.91 Å². The van der Waals surface area contributed by atoms with E-state index < -0.39 is 5.60 Å². The number of benzene rings is 1. The molecule has 2 aromatic rings. The average molecular weight is 303 g/mol. The van der Waals surface area contributed by atoms with Crippen LogP contribution in [0.2, 0.25) is 0 Å². The Kier molecular flexibility index (Phi) is 4.51. The van der Waals surface area contributed by atoms with Gasteiger partial charge in [0.05, 0.1) is 19.3 Å². The topological polar surface area (TPSA) is 76.4 Å². The predicted octanol–water partition coefficient (Wildman–Crippen LogP) is 1.37. The molecule has 6 nitrogen and oxygen atoms in total. The van der Waals surface area contributed by atoms with Crippen molar-refractivity contribution in [2.24, 2.45) is 7.05 Å². The molecule has 1 heterocycles. The van der Waals surface area contributed by atoms with Gasteiger partial charge in [-0.05, 0) is 19.4 Å². The molecule has 1 amide bonds. The van der Waals surface area contributed by atoms with Gasteiger partial charge >= 0.3 is 0 Å². The second-order valence-electron chi connectivity index (χ2n) is 5.42. The van der Waals surface area contributed by atoms with Crippen LogP contribution in [0.5, 0.6) is 5.88 Å². The molecule has 0 spiro atoms. The van der Waals surface area contributed by atoms with E-state index in [-0.39, 0.29) is 12.5 Å². The zero-order valence-corrected chi connectivity index (χ0v) is 13.3. The van der Waals surface area contributed by atoms with Crippen LogP contribution in [0.15, 0.2) is 30.3 Å². The van der Waals surface area contributed by atoms with Crippen LogP contribution in [0.3, 0.4) is 0 Å². The minimum absolute atomic E-state index is 0.0906. The van der Waals surface area contributed by atoms with Gasteiger partial charge in [0.1, 0.15) is 11.2 Å². The van der Waals surface area contributed by atoms with Crippen LogP contribution in [0.4, 0.5) is 0 Å². The quantitative estimate of drug-likeness (QED) is 0.875. The molecule has 0 saturated heterocycles. The van der Waals surface area contributed by atoms with Crippen molar-refractivity contribution in [3.05, 3.63) is 47.2 Å². The average Bonchev–Trinajstić information content (AvgIpc) is 2.79. The van der Waals surface area contributed by atoms with Gasteiger partial charge < -0.3 is 15.2 Å². The molecule has 6 heteroatoms. The maximum Gasteiger partial charge on any atom is 0.258 e. The Balaban J connectivity index is 2.14. The molecule has 2 rings (SSSR count). The summed E-state index contributed by atoms with van der Waals surface area (Å²) in [7, 11) is 3.20. The number of amides is 1. The molecule has 0 saturated carbocycles. The van der Waals surface area contributed by atoms with Gasteiger partial charge in [-0.3, -0.25) is 4.79 Å². The van der Waals surface area contributed by atoms with E-state index in [1.807, 2.05) is 30.3 Å². The molecule has 118 valence electrons. The van der Waals surface area contributed by atoms with Gasteiger partial charge in [-0.25, -0.2) is 4.68 Å². The van der Waals surface area contributed by atoms with Crippen molar-refractivity contribution in [2.45, 2.75) is 19.4 Å². The highest BCUT2D eigenvalue weighted by atomic mass is 16.5. The Bertz CT molecular complexity index is 663. The SMILES string of the molecule is COc1c(C(=O)NCC(C)(O)c2ccccc2)c(C)nn1C. The normalized spacial score (nSPS) is 13.5. The number of nitrogens with one attached hydrogen (secondary N) is 1. The van der Waals surface area contributed by atoms with Gasteiger partial charge in [0.15, 0.2) is 0 Å². The first kappa shape index (κ1) is 16.0. The molecule has 22 heavy (non-hydrogen) atoms. The summed E-state index contributed by atoms with van der Waals surface area (Å²) in [4.78, 5) is 12.4. The van der Waals surface area contributed by atoms with E-state index in [2.05, 4.69) is 10.4 Å². The van der Waals surface area contributed by atoms with E-state index in [4.69, 9.17) is 4.74 Å². The number of rotatable bonds is 5. The number of carbonyl (C=O) groups is 1. The van der Waals surface area contributed by atoms with Crippen LogP contribution in [0, 0.1) is 6.92 Å². The van der Waals surface area contributed by atoms with Crippen LogP contribution in [-0.2, 0) is 12.6 Å². The monoisotopic (exact) mass is 303 g/mol. The number of aliphatic hydroxyl groups is 1. The Morgan fingerprint density at radius 2 is 2.05 bits per heavy atom. The Morgan fingerprint density at radius 1 is 1.41 bits per heavy atom. The second-order valence-corrected chi connectivity index (χ2v) is 5.42. The number of methoxy groups -OCH3 is 1. The lowest BCUT2D eigenvalue weighted by atomic mass is 9.96. The first-order valence-electron chi connectivity index (χ1n) is 7.00. The lowest BCUT2D eigenvalue weighted by Gasteiger charge is -2.24. The maximum atomic E-state index is 12.4. The highest BCUT2D eigenvalue weighted by Crippen LogP contribution is 2.22. The van der Waals surface area contributed by atoms with Gasteiger partial charge in [-0.2, -0.15) is 5.10 Å². The molecular formula is C16H21N3O3. The van der Waals surface area contributed by atoms with E-state index in [0.29, 0.717) is 17.1 Å². The number of ether oxygens (including phenoxy) is 1. The molecule has 1 unspecified atom stereocenters. The zero-order valence-electron chi connectivity index (χ0n) is 13.3. The molecule has 0 aliphatic heterocycles. The van der Waals surface area contributed by atoms with E-state index in [0.717, 1.165) is 5.56 Å². The number of hydrogen-bond donors (Lipinski definition) is 2. The van der Waals surface area contributed by atoms with E-state index in [1.54, 1.807) is 20.9 Å². The minimum atomic E-state index is -1.15. The Hall–Kier alpha value is -2.34. The number of aryl methyl sites for hydroxylation is 2. The summed E-state index contributed by atoms with van der Waals surface area (Å²) >= 11 is 0. The third-order valence-electron chi connectivity index (χ3n) is 3.58. The fraction of sp³-hybridized carbons (Fsp3) is 0.375. The Labute approximate surface area is 129 Å². The lowest BCUT2D eigenvalue weighted by molar-refractivity contribution is 0.0525. The smallest absolute Gasteiger partial charge is 0.258 e. The third-order valence-corrected chi connectivity index (χ3v) is 3.58. The van der Waals surface area contributed by atoms with Crippen LogP contribution in [0.25, 0.3) is 0 Å². The molecule has 0 aliphatic carbocycles. The molecule has 0 bridgehead atoms. The molecule has 1 atom stereocenters. The fourth-order valence-corrected chi connectivity index (χ4v) is 2.37. The molecule has 0 radical (unpaired) electrons. The van der Waals surface area contributed by atoms with Gasteiger partial charge in [0.25, 0.3) is 5.91 Å². The summed E-state index contributed by atoms with van der Waals surface area (Å²) in [5.41, 5.74) is 0.551. The first-order valence-corrected chi connectivity index (χ1v) is 7.00. The first-order chi connectivity index (χ1) is 10.4. The predicted molar refractivity (Wildman–Crippen MR) is 82.8 cm³/mol. The summed E-state index contributed by atoms with van der Waals surface area (Å²) in [6.07, 6.45) is 0. The van der Waals surface area contributed by atoms with Crippen molar-refractivity contribution in [2.75, 3.05) is 13.7 Å². The van der Waals surface area contributed by atoms with E-state index in [9.17, 15) is 9.90 Å². The highest BCUT2D eigenvalue weighted by molar-refractivity contribution is 5.97. The van der Waals surface area contributed by atoms with Crippen LogP contribution < -0.4 is 10.1 Å². The molecule has 2 N–H and O–H groups in total. The molecule has 0 aliphatic rings.